The lowest BCUT2D eigenvalue weighted by molar-refractivity contribution is -0.385. The van der Waals surface area contributed by atoms with Crippen molar-refractivity contribution in [2.24, 2.45) is 5.92 Å². The van der Waals surface area contributed by atoms with Crippen LogP contribution in [0.1, 0.15) is 54.5 Å². The Balaban J connectivity index is 1.17. The van der Waals surface area contributed by atoms with Crippen LogP contribution in [-0.2, 0) is 28.3 Å². The zero-order valence-electron chi connectivity index (χ0n) is 26.0. The van der Waals surface area contributed by atoms with Crippen molar-refractivity contribution < 1.29 is 24.7 Å². The number of carbonyl (C=O) groups excluding carboxylic acids is 2. The highest BCUT2D eigenvalue weighted by Gasteiger charge is 2.53. The van der Waals surface area contributed by atoms with Crippen LogP contribution in [0.15, 0.2) is 91.1 Å². The van der Waals surface area contributed by atoms with E-state index in [1.165, 1.54) is 23.1 Å². The van der Waals surface area contributed by atoms with E-state index in [1.807, 2.05) is 60.7 Å². The Morgan fingerprint density at radius 3 is 2.53 bits per heavy atom. The number of non-ortho nitro benzene ring substituents is 1. The average molecular weight is 637 g/mol. The van der Waals surface area contributed by atoms with Crippen LogP contribution >= 0.6 is 0 Å². The zero-order chi connectivity index (χ0) is 33.1. The maximum absolute atomic E-state index is 14.0. The van der Waals surface area contributed by atoms with Crippen molar-refractivity contribution in [3.63, 3.8) is 0 Å². The van der Waals surface area contributed by atoms with E-state index >= 15 is 0 Å². The van der Waals surface area contributed by atoms with Gasteiger partial charge in [0.2, 0.25) is 5.91 Å². The van der Waals surface area contributed by atoms with Crippen LogP contribution in [0.2, 0.25) is 0 Å². The quantitative estimate of drug-likeness (QED) is 0.131. The first-order chi connectivity index (χ1) is 22.7. The van der Waals surface area contributed by atoms with E-state index in [4.69, 9.17) is 0 Å². The van der Waals surface area contributed by atoms with Crippen LogP contribution in [0, 0.1) is 16.0 Å². The predicted octanol–water partition coefficient (Wildman–Crippen LogP) is 4.45. The molecule has 4 aromatic rings. The molecule has 3 heterocycles. The van der Waals surface area contributed by atoms with Crippen LogP contribution in [0.5, 0.6) is 0 Å². The Morgan fingerprint density at radius 2 is 1.85 bits per heavy atom. The van der Waals surface area contributed by atoms with Gasteiger partial charge in [0.15, 0.2) is 5.60 Å². The number of aromatic nitrogens is 3. The van der Waals surface area contributed by atoms with Gasteiger partial charge in [-0.05, 0) is 42.2 Å². The summed E-state index contributed by atoms with van der Waals surface area (Å²) in [7, 11) is 0. The van der Waals surface area contributed by atoms with Crippen molar-refractivity contribution >= 4 is 28.9 Å². The minimum Gasteiger partial charge on any atom is -0.395 e. The number of nitrogens with zero attached hydrogens (tertiary/aromatic N) is 6. The van der Waals surface area contributed by atoms with Crippen molar-refractivity contribution in [1.29, 1.82) is 0 Å². The molecule has 0 bridgehead atoms. The Bertz CT molecular complexity index is 1810. The summed E-state index contributed by atoms with van der Waals surface area (Å²) in [5.41, 5.74) is 1.53. The molecule has 3 atom stereocenters. The molecule has 0 radical (unpaired) electrons. The highest BCUT2D eigenvalue weighted by atomic mass is 16.6. The normalized spacial score (nSPS) is 19.0. The number of amides is 2. The SMILES string of the molecule is C[C@H](/C=C/CCn1cc(C(CO)c2ccccc2)nn1)[C@@]1(O)C(=O)N(Cc2ccc(N3CCCC3=O)cc2)c2ccc([N+](=O)[O-])cc21. The van der Waals surface area contributed by atoms with E-state index < -0.39 is 22.3 Å². The first-order valence-electron chi connectivity index (χ1n) is 15.7. The summed E-state index contributed by atoms with van der Waals surface area (Å²) in [6, 6.07) is 21.1. The molecule has 1 fully saturated rings. The molecule has 1 unspecified atom stereocenters. The molecule has 2 aliphatic rings. The van der Waals surface area contributed by atoms with Crippen molar-refractivity contribution in [2.45, 2.75) is 50.8 Å². The van der Waals surface area contributed by atoms with Gasteiger partial charge in [-0.1, -0.05) is 66.8 Å². The van der Waals surface area contributed by atoms with Gasteiger partial charge >= 0.3 is 0 Å². The number of nitro groups is 1. The molecule has 1 aromatic heterocycles. The molecule has 47 heavy (non-hydrogen) atoms. The van der Waals surface area contributed by atoms with Crippen molar-refractivity contribution in [1.82, 2.24) is 15.0 Å². The first-order valence-corrected chi connectivity index (χ1v) is 15.7. The van der Waals surface area contributed by atoms with Gasteiger partial charge in [0.05, 0.1) is 35.4 Å². The average Bonchev–Trinajstić information content (AvgIpc) is 3.79. The van der Waals surface area contributed by atoms with Gasteiger partial charge in [-0.2, -0.15) is 0 Å². The molecular weight excluding hydrogens is 600 g/mol. The molecular formula is C35H36N6O6. The number of aliphatic hydroxyl groups excluding tert-OH is 1. The Labute approximate surface area is 271 Å². The second-order valence-corrected chi connectivity index (χ2v) is 12.0. The van der Waals surface area contributed by atoms with Gasteiger partial charge in [0.1, 0.15) is 0 Å². The lowest BCUT2D eigenvalue weighted by atomic mass is 9.82. The molecule has 0 aliphatic carbocycles. The Hall–Kier alpha value is -5.20. The fraction of sp³-hybridized carbons (Fsp3) is 0.314. The second kappa shape index (κ2) is 13.3. The van der Waals surface area contributed by atoms with Gasteiger partial charge in [0, 0.05) is 55.0 Å². The number of hydrogen-bond acceptors (Lipinski definition) is 8. The van der Waals surface area contributed by atoms with Gasteiger partial charge < -0.3 is 20.0 Å². The van der Waals surface area contributed by atoms with Gasteiger partial charge in [-0.25, -0.2) is 0 Å². The van der Waals surface area contributed by atoms with Crippen molar-refractivity contribution in [3.05, 3.63) is 124 Å². The molecule has 0 spiro atoms. The van der Waals surface area contributed by atoms with Crippen LogP contribution < -0.4 is 9.80 Å². The number of nitro benzene ring substituents is 1. The maximum Gasteiger partial charge on any atom is 0.269 e. The molecule has 12 heteroatoms. The van der Waals surface area contributed by atoms with Crippen LogP contribution in [0.25, 0.3) is 0 Å². The van der Waals surface area contributed by atoms with Gasteiger partial charge in [-0.3, -0.25) is 24.4 Å². The lowest BCUT2D eigenvalue weighted by Crippen LogP contribution is -2.44. The van der Waals surface area contributed by atoms with E-state index in [0.717, 1.165) is 23.2 Å². The van der Waals surface area contributed by atoms with E-state index in [0.29, 0.717) is 37.3 Å². The summed E-state index contributed by atoms with van der Waals surface area (Å²) >= 11 is 0. The molecule has 0 saturated carbocycles. The summed E-state index contributed by atoms with van der Waals surface area (Å²) in [5.74, 6) is -1.49. The number of rotatable bonds is 12. The van der Waals surface area contributed by atoms with Crippen molar-refractivity contribution in [2.75, 3.05) is 23.0 Å². The highest BCUT2D eigenvalue weighted by molar-refractivity contribution is 6.07. The van der Waals surface area contributed by atoms with Crippen LogP contribution in [0.3, 0.4) is 0 Å². The smallest absolute Gasteiger partial charge is 0.269 e. The first kappa shape index (κ1) is 31.8. The minimum absolute atomic E-state index is 0.0829. The van der Waals surface area contributed by atoms with Crippen molar-refractivity contribution in [3.8, 4) is 0 Å². The highest BCUT2D eigenvalue weighted by Crippen LogP contribution is 2.47. The van der Waals surface area contributed by atoms with E-state index in [-0.39, 0.29) is 36.2 Å². The Morgan fingerprint density at radius 1 is 1.09 bits per heavy atom. The molecule has 2 aliphatic heterocycles. The lowest BCUT2D eigenvalue weighted by Gasteiger charge is -2.27. The summed E-state index contributed by atoms with van der Waals surface area (Å²) in [5, 5.41) is 42.0. The third-order valence-corrected chi connectivity index (χ3v) is 9.03. The van der Waals surface area contributed by atoms with Gasteiger partial charge in [0.25, 0.3) is 11.6 Å². The fourth-order valence-corrected chi connectivity index (χ4v) is 6.37. The number of carbonyl (C=O) groups is 2. The van der Waals surface area contributed by atoms with Crippen LogP contribution in [-0.4, -0.2) is 55.1 Å². The number of anilines is 2. The fourth-order valence-electron chi connectivity index (χ4n) is 6.37. The molecule has 12 nitrogen and oxygen atoms in total. The number of benzene rings is 3. The minimum atomic E-state index is -2.02. The van der Waals surface area contributed by atoms with E-state index in [9.17, 15) is 29.9 Å². The number of aliphatic hydroxyl groups is 2. The second-order valence-electron chi connectivity index (χ2n) is 12.0. The molecule has 3 aromatic carbocycles. The zero-order valence-corrected chi connectivity index (χ0v) is 26.0. The molecule has 1 saturated heterocycles. The standard InChI is InChI=1S/C35H36N6O6/c1-24(8-5-6-18-38-22-31(36-37-38)29(23-42)26-9-3-2-4-10-26)35(45)30-20-28(41(46)47)16-17-32(30)40(34(35)44)21-25-12-14-27(15-13-25)39-19-7-11-33(39)43/h2-5,8-10,12-17,20,22,24,29,42,45H,6-7,11,18-19,21,23H2,1H3/b8-5+/t24-,29?,35+/m1/s1. The molecule has 6 rings (SSSR count). The number of hydrogen-bond donors (Lipinski definition) is 2. The summed E-state index contributed by atoms with van der Waals surface area (Å²) < 4.78 is 1.68. The van der Waals surface area contributed by atoms with E-state index in [1.54, 1.807) is 28.8 Å². The summed E-state index contributed by atoms with van der Waals surface area (Å²) in [6.07, 6.45) is 7.24. The number of fused-ring (bicyclic) bond motifs is 1. The molecule has 242 valence electrons. The molecule has 2 amide bonds. The largest absolute Gasteiger partial charge is 0.395 e. The topological polar surface area (TPSA) is 155 Å². The third-order valence-electron chi connectivity index (χ3n) is 9.03. The van der Waals surface area contributed by atoms with Crippen LogP contribution in [0.4, 0.5) is 17.1 Å². The number of allylic oxidation sites excluding steroid dienone is 1. The maximum atomic E-state index is 14.0. The molecule has 2 N–H and O–H groups in total. The summed E-state index contributed by atoms with van der Waals surface area (Å²) in [6.45, 7) is 2.90. The monoisotopic (exact) mass is 636 g/mol. The van der Waals surface area contributed by atoms with Gasteiger partial charge in [-0.15, -0.1) is 5.10 Å². The Kier molecular flexibility index (Phi) is 8.97. The third kappa shape index (κ3) is 6.17. The van der Waals surface area contributed by atoms with E-state index in [2.05, 4.69) is 10.3 Å². The summed E-state index contributed by atoms with van der Waals surface area (Å²) in [4.78, 5) is 40.4. The number of aryl methyl sites for hydroxylation is 1. The predicted molar refractivity (Wildman–Crippen MR) is 175 cm³/mol.